The molecule has 2 aliphatic rings. The standard InChI is InChI=1S/C16H23N3O3S2/c1-12-9-23-15(17-12)24-10-13(21)19-6-4-16(11-19)3-2-5-18(7-8-20)14(16)22/h9,20H,2-8,10-11H2,1H3/t16-/m1/s1. The second-order valence-electron chi connectivity index (χ2n) is 6.51. The van der Waals surface area contributed by atoms with Gasteiger partial charge in [-0.15, -0.1) is 11.3 Å². The minimum absolute atomic E-state index is 0.00562. The van der Waals surface area contributed by atoms with Crippen molar-refractivity contribution >= 4 is 34.9 Å². The first-order chi connectivity index (χ1) is 11.5. The Morgan fingerprint density at radius 3 is 3.00 bits per heavy atom. The Morgan fingerprint density at radius 2 is 2.29 bits per heavy atom. The number of likely N-dealkylation sites (tertiary alicyclic amines) is 2. The molecule has 2 aliphatic heterocycles. The number of amides is 2. The summed E-state index contributed by atoms with van der Waals surface area (Å²) in [6, 6.07) is 0. The lowest BCUT2D eigenvalue weighted by Gasteiger charge is -2.39. The number of hydrogen-bond acceptors (Lipinski definition) is 6. The Kier molecular flexibility index (Phi) is 5.46. The molecule has 8 heteroatoms. The van der Waals surface area contributed by atoms with E-state index in [2.05, 4.69) is 4.98 Å². The van der Waals surface area contributed by atoms with Crippen LogP contribution in [0.5, 0.6) is 0 Å². The minimum atomic E-state index is -0.425. The summed E-state index contributed by atoms with van der Waals surface area (Å²) in [6.07, 6.45) is 2.53. The Labute approximate surface area is 150 Å². The summed E-state index contributed by atoms with van der Waals surface area (Å²) in [4.78, 5) is 33.2. The van der Waals surface area contributed by atoms with Gasteiger partial charge in [0.2, 0.25) is 11.8 Å². The smallest absolute Gasteiger partial charge is 0.233 e. The molecule has 2 fully saturated rings. The average Bonchev–Trinajstić information content (AvgIpc) is 3.17. The molecule has 1 aromatic heterocycles. The normalized spacial score (nSPS) is 24.2. The highest BCUT2D eigenvalue weighted by atomic mass is 32.2. The molecule has 1 spiro atoms. The van der Waals surface area contributed by atoms with Crippen LogP contribution in [-0.2, 0) is 9.59 Å². The number of carbonyl (C=O) groups is 2. The molecule has 0 aliphatic carbocycles. The molecule has 1 N–H and O–H groups in total. The zero-order valence-corrected chi connectivity index (χ0v) is 15.5. The van der Waals surface area contributed by atoms with Crippen LogP contribution >= 0.6 is 23.1 Å². The molecule has 0 bridgehead atoms. The SMILES string of the molecule is Cc1csc(SCC(=O)N2CC[C@]3(CCCN(CCO)C3=O)C2)n1. The van der Waals surface area contributed by atoms with Crippen molar-refractivity contribution in [3.63, 3.8) is 0 Å². The predicted octanol–water partition coefficient (Wildman–Crippen LogP) is 1.38. The van der Waals surface area contributed by atoms with Gasteiger partial charge in [0, 0.05) is 37.3 Å². The van der Waals surface area contributed by atoms with E-state index >= 15 is 0 Å². The molecule has 24 heavy (non-hydrogen) atoms. The van der Waals surface area contributed by atoms with Crippen LogP contribution in [-0.4, -0.2) is 70.2 Å². The van der Waals surface area contributed by atoms with E-state index in [-0.39, 0.29) is 18.4 Å². The number of nitrogens with zero attached hydrogens (tertiary/aromatic N) is 3. The summed E-state index contributed by atoms with van der Waals surface area (Å²) in [6.45, 7) is 4.22. The summed E-state index contributed by atoms with van der Waals surface area (Å²) in [5.41, 5.74) is 0.553. The first-order valence-corrected chi connectivity index (χ1v) is 10.1. The monoisotopic (exact) mass is 369 g/mol. The lowest BCUT2D eigenvalue weighted by Crippen LogP contribution is -2.51. The van der Waals surface area contributed by atoms with Crippen LogP contribution in [0, 0.1) is 12.3 Å². The number of carbonyl (C=O) groups excluding carboxylic acids is 2. The first-order valence-electron chi connectivity index (χ1n) is 8.27. The van der Waals surface area contributed by atoms with Gasteiger partial charge in [-0.3, -0.25) is 9.59 Å². The molecule has 3 heterocycles. The summed E-state index contributed by atoms with van der Waals surface area (Å²) in [5.74, 6) is 0.565. The number of rotatable bonds is 5. The van der Waals surface area contributed by atoms with Crippen molar-refractivity contribution in [1.29, 1.82) is 0 Å². The molecule has 3 rings (SSSR count). The van der Waals surface area contributed by atoms with Crippen LogP contribution in [0.3, 0.4) is 0 Å². The summed E-state index contributed by atoms with van der Waals surface area (Å²) < 4.78 is 0.914. The lowest BCUT2D eigenvalue weighted by molar-refractivity contribution is -0.146. The molecule has 132 valence electrons. The molecular formula is C16H23N3O3S2. The lowest BCUT2D eigenvalue weighted by atomic mass is 9.78. The Balaban J connectivity index is 1.57. The van der Waals surface area contributed by atoms with E-state index in [9.17, 15) is 9.59 Å². The maximum absolute atomic E-state index is 12.8. The number of hydrogen-bond donors (Lipinski definition) is 1. The predicted molar refractivity (Wildman–Crippen MR) is 94.1 cm³/mol. The minimum Gasteiger partial charge on any atom is -0.395 e. The Morgan fingerprint density at radius 1 is 1.46 bits per heavy atom. The third-order valence-electron chi connectivity index (χ3n) is 4.82. The fourth-order valence-corrected chi connectivity index (χ4v) is 5.32. The van der Waals surface area contributed by atoms with E-state index < -0.39 is 5.41 Å². The van der Waals surface area contributed by atoms with Crippen LogP contribution in [0.2, 0.25) is 0 Å². The summed E-state index contributed by atoms with van der Waals surface area (Å²) in [5, 5.41) is 11.1. The second-order valence-corrected chi connectivity index (χ2v) is 8.59. The fourth-order valence-electron chi connectivity index (χ4n) is 3.56. The van der Waals surface area contributed by atoms with Gasteiger partial charge in [0.05, 0.1) is 17.8 Å². The average molecular weight is 370 g/mol. The van der Waals surface area contributed by atoms with Crippen molar-refractivity contribution < 1.29 is 14.7 Å². The van der Waals surface area contributed by atoms with Crippen LogP contribution in [0.1, 0.15) is 25.0 Å². The molecule has 1 aromatic rings. The summed E-state index contributed by atoms with van der Waals surface area (Å²) >= 11 is 3.03. The molecule has 6 nitrogen and oxygen atoms in total. The van der Waals surface area contributed by atoms with Crippen LogP contribution in [0.25, 0.3) is 0 Å². The van der Waals surface area contributed by atoms with Crippen molar-refractivity contribution in [3.8, 4) is 0 Å². The van der Waals surface area contributed by atoms with Crippen molar-refractivity contribution in [1.82, 2.24) is 14.8 Å². The number of thiazole rings is 1. The van der Waals surface area contributed by atoms with E-state index in [0.717, 1.165) is 29.3 Å². The van der Waals surface area contributed by atoms with Crippen molar-refractivity contribution in [2.24, 2.45) is 5.41 Å². The largest absolute Gasteiger partial charge is 0.395 e. The number of aryl methyl sites for hydroxylation is 1. The van der Waals surface area contributed by atoms with E-state index in [1.807, 2.05) is 17.2 Å². The molecular weight excluding hydrogens is 346 g/mol. The molecule has 0 radical (unpaired) electrons. The topological polar surface area (TPSA) is 73.7 Å². The number of aliphatic hydroxyl groups is 1. The number of β-amino-alcohol motifs (C(OH)–C–C–N with tert-alkyl or cyclic N) is 1. The van der Waals surface area contributed by atoms with Gasteiger partial charge in [0.1, 0.15) is 0 Å². The van der Waals surface area contributed by atoms with E-state index in [0.29, 0.717) is 31.9 Å². The molecule has 0 unspecified atom stereocenters. The van der Waals surface area contributed by atoms with Crippen molar-refractivity contribution in [3.05, 3.63) is 11.1 Å². The number of thioether (sulfide) groups is 1. The van der Waals surface area contributed by atoms with Gasteiger partial charge in [0.25, 0.3) is 0 Å². The van der Waals surface area contributed by atoms with Gasteiger partial charge in [-0.05, 0) is 26.2 Å². The van der Waals surface area contributed by atoms with Gasteiger partial charge >= 0.3 is 0 Å². The zero-order valence-electron chi connectivity index (χ0n) is 13.9. The first kappa shape index (κ1) is 17.7. The van der Waals surface area contributed by atoms with Crippen LogP contribution in [0.15, 0.2) is 9.72 Å². The van der Waals surface area contributed by atoms with Crippen molar-refractivity contribution in [2.75, 3.05) is 38.5 Å². The van der Waals surface area contributed by atoms with E-state index in [4.69, 9.17) is 5.11 Å². The second kappa shape index (κ2) is 7.41. The summed E-state index contributed by atoms with van der Waals surface area (Å²) in [7, 11) is 0. The molecule has 2 saturated heterocycles. The fraction of sp³-hybridized carbons (Fsp3) is 0.688. The van der Waals surface area contributed by atoms with Gasteiger partial charge < -0.3 is 14.9 Å². The van der Waals surface area contributed by atoms with Gasteiger partial charge in [-0.1, -0.05) is 11.8 Å². The van der Waals surface area contributed by atoms with E-state index in [1.54, 1.807) is 16.2 Å². The molecule has 0 aromatic carbocycles. The third-order valence-corrected chi connectivity index (χ3v) is 6.94. The van der Waals surface area contributed by atoms with Gasteiger partial charge in [-0.25, -0.2) is 4.98 Å². The highest BCUT2D eigenvalue weighted by molar-refractivity contribution is 8.01. The zero-order chi connectivity index (χ0) is 17.2. The maximum Gasteiger partial charge on any atom is 0.233 e. The number of aromatic nitrogens is 1. The highest BCUT2D eigenvalue weighted by Crippen LogP contribution is 2.40. The van der Waals surface area contributed by atoms with Crippen molar-refractivity contribution in [2.45, 2.75) is 30.5 Å². The number of aliphatic hydroxyl groups excluding tert-OH is 1. The number of piperidine rings is 1. The maximum atomic E-state index is 12.8. The quantitative estimate of drug-likeness (QED) is 0.794. The Hall–Kier alpha value is -1.12. The molecule has 0 saturated carbocycles. The van der Waals surface area contributed by atoms with Gasteiger partial charge in [0.15, 0.2) is 4.34 Å². The molecule has 2 amide bonds. The van der Waals surface area contributed by atoms with Crippen LogP contribution < -0.4 is 0 Å². The van der Waals surface area contributed by atoms with E-state index in [1.165, 1.54) is 11.8 Å². The Bertz CT molecular complexity index is 619. The third kappa shape index (κ3) is 3.60. The molecule has 1 atom stereocenters. The van der Waals surface area contributed by atoms with Gasteiger partial charge in [-0.2, -0.15) is 0 Å². The highest BCUT2D eigenvalue weighted by Gasteiger charge is 2.49. The van der Waals surface area contributed by atoms with Crippen LogP contribution in [0.4, 0.5) is 0 Å².